The number of furan rings is 1. The molecule has 1 saturated heterocycles. The lowest BCUT2D eigenvalue weighted by Gasteiger charge is -2.33. The summed E-state index contributed by atoms with van der Waals surface area (Å²) in [7, 11) is 0. The number of cyclic esters (lactones) is 1. The van der Waals surface area contributed by atoms with Crippen molar-refractivity contribution in [2.75, 3.05) is 12.0 Å². The number of carbonyl (C=O) groups excluding carboxylic acids is 1. The molecule has 2 aromatic heterocycles. The van der Waals surface area contributed by atoms with Gasteiger partial charge in [-0.15, -0.1) is 0 Å². The van der Waals surface area contributed by atoms with Gasteiger partial charge in [0.1, 0.15) is 11.3 Å². The van der Waals surface area contributed by atoms with E-state index < -0.39 is 29.5 Å². The topological polar surface area (TPSA) is 111 Å². The Hall–Kier alpha value is -2.26. The molecule has 31 heavy (non-hydrogen) atoms. The van der Waals surface area contributed by atoms with Gasteiger partial charge in [-0.3, -0.25) is 4.98 Å². The summed E-state index contributed by atoms with van der Waals surface area (Å²) in [4.78, 5) is 29.1. The molecule has 0 aromatic carbocycles. The van der Waals surface area contributed by atoms with Crippen LogP contribution in [-0.4, -0.2) is 51.6 Å². The van der Waals surface area contributed by atoms with E-state index in [2.05, 4.69) is 10.3 Å². The van der Waals surface area contributed by atoms with Gasteiger partial charge in [0.15, 0.2) is 5.60 Å². The van der Waals surface area contributed by atoms with Crippen LogP contribution in [0.2, 0.25) is 0 Å². The van der Waals surface area contributed by atoms with Crippen molar-refractivity contribution in [2.24, 2.45) is 5.92 Å². The van der Waals surface area contributed by atoms with E-state index >= 15 is 0 Å². The molecule has 2 N–H and O–H groups in total. The number of ether oxygens (including phenoxy) is 2. The Kier molecular flexibility index (Phi) is 5.91. The number of nitrogens with one attached hydrogen (secondary N) is 1. The summed E-state index contributed by atoms with van der Waals surface area (Å²) in [5, 5.41) is 12.7. The summed E-state index contributed by atoms with van der Waals surface area (Å²) in [5.41, 5.74) is -0.214. The Balaban J connectivity index is 1.70. The van der Waals surface area contributed by atoms with Crippen molar-refractivity contribution >= 4 is 34.8 Å². The van der Waals surface area contributed by atoms with Gasteiger partial charge in [-0.25, -0.2) is 9.59 Å². The number of aromatic nitrogens is 1. The molecular weight excluding hydrogens is 420 g/mol. The Morgan fingerprint density at radius 3 is 2.81 bits per heavy atom. The molecule has 2 aromatic rings. The maximum absolute atomic E-state index is 13.1. The van der Waals surface area contributed by atoms with Crippen LogP contribution in [0.5, 0.6) is 0 Å². The van der Waals surface area contributed by atoms with Gasteiger partial charge in [0.05, 0.1) is 11.7 Å². The van der Waals surface area contributed by atoms with Gasteiger partial charge in [-0.2, -0.15) is 11.8 Å². The summed E-state index contributed by atoms with van der Waals surface area (Å²) in [6.45, 7) is 3.29. The Bertz CT molecular complexity index is 986. The summed E-state index contributed by atoms with van der Waals surface area (Å²) < 4.78 is 17.6. The van der Waals surface area contributed by atoms with Crippen LogP contribution in [0.4, 0.5) is 4.79 Å². The summed E-state index contributed by atoms with van der Waals surface area (Å²) in [6.07, 6.45) is 6.88. The van der Waals surface area contributed by atoms with E-state index in [1.165, 1.54) is 24.6 Å². The minimum Gasteiger partial charge on any atom is -0.465 e. The fraction of sp³-hybridized carbons (Fsp3) is 0.591. The smallest absolute Gasteiger partial charge is 0.405 e. The Morgan fingerprint density at radius 1 is 1.42 bits per heavy atom. The molecule has 1 aliphatic heterocycles. The van der Waals surface area contributed by atoms with E-state index in [9.17, 15) is 14.7 Å². The third-order valence-electron chi connectivity index (χ3n) is 5.81. The number of hydrogen-bond acceptors (Lipinski definition) is 7. The molecule has 2 atom stereocenters. The fourth-order valence-electron chi connectivity index (χ4n) is 4.20. The van der Waals surface area contributed by atoms with E-state index in [0.29, 0.717) is 17.0 Å². The van der Waals surface area contributed by atoms with E-state index in [4.69, 9.17) is 13.9 Å². The monoisotopic (exact) mass is 448 g/mol. The number of aryl methyl sites for hydroxylation is 1. The van der Waals surface area contributed by atoms with Gasteiger partial charge in [0, 0.05) is 44.0 Å². The average molecular weight is 449 g/mol. The average Bonchev–Trinajstić information content (AvgIpc) is 3.36. The molecular formula is C22H28N2O6S. The summed E-state index contributed by atoms with van der Waals surface area (Å²) in [5.74, 6) is 0.262. The fourth-order valence-corrected chi connectivity index (χ4v) is 4.89. The largest absolute Gasteiger partial charge is 0.465 e. The first-order valence-electron chi connectivity index (χ1n) is 10.5. The molecule has 4 rings (SSSR count). The standard InChI is InChI=1S/C22H28N2O6S/c1-21(2)29-19(25)22(30-21,18(12-31-3)24-20(26)27)11-16-15-10-14(7-6-13-4-5-13)28-17(15)8-9-23-16/h8-10,13,18,24H,4-7,11-12H2,1-3H3,(H,26,27)/t18-,22-/m1/s1. The van der Waals surface area contributed by atoms with Crippen molar-refractivity contribution in [3.63, 3.8) is 0 Å². The van der Waals surface area contributed by atoms with Crippen LogP contribution in [0, 0.1) is 5.92 Å². The normalized spacial score (nSPS) is 23.6. The Labute approximate surface area is 185 Å². The number of rotatable bonds is 9. The second-order valence-electron chi connectivity index (χ2n) is 8.78. The van der Waals surface area contributed by atoms with Crippen LogP contribution in [0.3, 0.4) is 0 Å². The molecule has 2 fully saturated rings. The van der Waals surface area contributed by atoms with E-state index in [-0.39, 0.29) is 6.42 Å². The van der Waals surface area contributed by atoms with Gasteiger partial charge >= 0.3 is 12.1 Å². The lowest BCUT2D eigenvalue weighted by molar-refractivity contribution is -0.169. The molecule has 0 spiro atoms. The predicted molar refractivity (Wildman–Crippen MR) is 116 cm³/mol. The molecule has 1 saturated carbocycles. The lowest BCUT2D eigenvalue weighted by Crippen LogP contribution is -2.59. The molecule has 168 valence electrons. The van der Waals surface area contributed by atoms with Crippen molar-refractivity contribution in [1.29, 1.82) is 0 Å². The molecule has 0 radical (unpaired) electrons. The highest BCUT2D eigenvalue weighted by molar-refractivity contribution is 7.98. The number of amides is 1. The highest BCUT2D eigenvalue weighted by Gasteiger charge is 2.59. The van der Waals surface area contributed by atoms with E-state index in [0.717, 1.165) is 29.9 Å². The molecule has 2 aliphatic rings. The summed E-state index contributed by atoms with van der Waals surface area (Å²) >= 11 is 1.42. The van der Waals surface area contributed by atoms with Crippen molar-refractivity contribution in [3.8, 4) is 0 Å². The first kappa shape index (κ1) is 22.0. The third kappa shape index (κ3) is 4.67. The van der Waals surface area contributed by atoms with Gasteiger partial charge in [0.25, 0.3) is 0 Å². The van der Waals surface area contributed by atoms with Gasteiger partial charge < -0.3 is 24.3 Å². The van der Waals surface area contributed by atoms with Crippen molar-refractivity contribution in [1.82, 2.24) is 10.3 Å². The van der Waals surface area contributed by atoms with Crippen LogP contribution in [-0.2, 0) is 27.1 Å². The van der Waals surface area contributed by atoms with Gasteiger partial charge in [-0.05, 0) is 30.7 Å². The predicted octanol–water partition coefficient (Wildman–Crippen LogP) is 3.76. The highest BCUT2D eigenvalue weighted by atomic mass is 32.2. The number of fused-ring (bicyclic) bond motifs is 1. The number of nitrogens with zero attached hydrogens (tertiary/aromatic N) is 1. The first-order chi connectivity index (χ1) is 14.7. The summed E-state index contributed by atoms with van der Waals surface area (Å²) in [6, 6.07) is 2.97. The van der Waals surface area contributed by atoms with Crippen molar-refractivity contribution in [3.05, 3.63) is 29.8 Å². The zero-order valence-corrected chi connectivity index (χ0v) is 18.8. The van der Waals surface area contributed by atoms with Gasteiger partial charge in [0.2, 0.25) is 5.79 Å². The molecule has 9 heteroatoms. The minimum absolute atomic E-state index is 0.0692. The van der Waals surface area contributed by atoms with Crippen molar-refractivity contribution in [2.45, 2.75) is 63.4 Å². The molecule has 1 aliphatic carbocycles. The second kappa shape index (κ2) is 8.35. The third-order valence-corrected chi connectivity index (χ3v) is 6.48. The molecule has 3 heterocycles. The maximum Gasteiger partial charge on any atom is 0.405 e. The van der Waals surface area contributed by atoms with E-state index in [1.807, 2.05) is 12.3 Å². The number of carbonyl (C=O) groups is 2. The highest BCUT2D eigenvalue weighted by Crippen LogP contribution is 2.40. The van der Waals surface area contributed by atoms with Crippen LogP contribution >= 0.6 is 11.8 Å². The second-order valence-corrected chi connectivity index (χ2v) is 9.69. The van der Waals surface area contributed by atoms with Crippen LogP contribution in [0.15, 0.2) is 22.7 Å². The van der Waals surface area contributed by atoms with Crippen LogP contribution < -0.4 is 5.32 Å². The molecule has 1 amide bonds. The lowest BCUT2D eigenvalue weighted by atomic mass is 9.88. The molecule has 8 nitrogen and oxygen atoms in total. The molecule has 0 bridgehead atoms. The first-order valence-corrected chi connectivity index (χ1v) is 11.9. The number of carboxylic acid groups (broad SMARTS) is 1. The van der Waals surface area contributed by atoms with Gasteiger partial charge in [-0.1, -0.05) is 12.8 Å². The van der Waals surface area contributed by atoms with E-state index in [1.54, 1.807) is 26.1 Å². The Morgan fingerprint density at radius 2 is 2.19 bits per heavy atom. The SMILES string of the molecule is CSC[C@@H](NC(=O)O)[C@@]1(Cc2nccc3oc(CCC4CC4)cc23)OC(C)(C)OC1=O. The quantitative estimate of drug-likeness (QED) is 0.558. The maximum atomic E-state index is 13.1. The van der Waals surface area contributed by atoms with Crippen molar-refractivity contribution < 1.29 is 28.6 Å². The zero-order chi connectivity index (χ0) is 22.2. The number of esters is 1. The van der Waals surface area contributed by atoms with Crippen LogP contribution in [0.1, 0.15) is 44.6 Å². The number of pyridine rings is 1. The minimum atomic E-state index is -1.53. The van der Waals surface area contributed by atoms with Crippen LogP contribution in [0.25, 0.3) is 11.0 Å². The molecule has 0 unspecified atom stereocenters. The zero-order valence-electron chi connectivity index (χ0n) is 18.0. The number of hydrogen-bond donors (Lipinski definition) is 2. The number of thioether (sulfide) groups is 1.